The van der Waals surface area contributed by atoms with Crippen LogP contribution in [0.3, 0.4) is 0 Å². The lowest BCUT2D eigenvalue weighted by Gasteiger charge is -2.18. The van der Waals surface area contributed by atoms with Gasteiger partial charge in [-0.05, 0) is 20.8 Å². The van der Waals surface area contributed by atoms with E-state index >= 15 is 0 Å². The zero-order valence-electron chi connectivity index (χ0n) is 11.2. The quantitative estimate of drug-likeness (QED) is 0.735. The lowest BCUT2D eigenvalue weighted by molar-refractivity contribution is -0.131. The predicted molar refractivity (Wildman–Crippen MR) is 69.3 cm³/mol. The van der Waals surface area contributed by atoms with Crippen molar-refractivity contribution < 1.29 is 9.59 Å². The second kappa shape index (κ2) is 6.12. The summed E-state index contributed by atoms with van der Waals surface area (Å²) in [7, 11) is 0. The Morgan fingerprint density at radius 1 is 1.26 bits per heavy atom. The van der Waals surface area contributed by atoms with Gasteiger partial charge in [-0.25, -0.2) is 4.79 Å². The third kappa shape index (κ3) is 3.18. The molecule has 0 radical (unpaired) electrons. The summed E-state index contributed by atoms with van der Waals surface area (Å²) in [6, 6.07) is 0. The zero-order chi connectivity index (χ0) is 14.6. The number of Topliss-reactive ketones (excluding diaryl/α,β-unsaturated/α-hetero) is 1. The first-order valence-electron chi connectivity index (χ1n) is 6.03. The number of nitrogens with zero attached hydrogens (tertiary/aromatic N) is 2. The van der Waals surface area contributed by atoms with E-state index in [-0.39, 0.29) is 18.0 Å². The molecule has 7 heteroatoms. The van der Waals surface area contributed by atoms with Crippen LogP contribution in [0.25, 0.3) is 0 Å². The van der Waals surface area contributed by atoms with E-state index in [2.05, 4.69) is 4.98 Å². The number of carbonyl (C=O) groups excluding carboxylic acids is 2. The van der Waals surface area contributed by atoms with Gasteiger partial charge in [0.15, 0.2) is 5.78 Å². The first-order valence-corrected chi connectivity index (χ1v) is 6.03. The summed E-state index contributed by atoms with van der Waals surface area (Å²) in [6.07, 6.45) is 1.07. The van der Waals surface area contributed by atoms with Crippen molar-refractivity contribution in [1.82, 2.24) is 14.5 Å². The Kier molecular flexibility index (Phi) is 4.80. The van der Waals surface area contributed by atoms with Gasteiger partial charge in [-0.3, -0.25) is 19.0 Å². The Morgan fingerprint density at radius 2 is 1.84 bits per heavy atom. The summed E-state index contributed by atoms with van der Waals surface area (Å²) < 4.78 is 0.747. The highest BCUT2D eigenvalue weighted by Gasteiger charge is 2.16. The SMILES string of the molecule is CCN(CC)C(=O)Cn1c(=O)[nH]cc(C(C)=O)c1=O. The van der Waals surface area contributed by atoms with Crippen LogP contribution in [0.5, 0.6) is 0 Å². The first-order chi connectivity index (χ1) is 8.92. The van der Waals surface area contributed by atoms with Crippen LogP contribution in [0.15, 0.2) is 15.8 Å². The summed E-state index contributed by atoms with van der Waals surface area (Å²) in [5, 5.41) is 0. The number of ketones is 1. The van der Waals surface area contributed by atoms with Crippen LogP contribution in [-0.2, 0) is 11.3 Å². The van der Waals surface area contributed by atoms with Crippen molar-refractivity contribution in [3.05, 3.63) is 32.6 Å². The minimum Gasteiger partial charge on any atom is -0.342 e. The summed E-state index contributed by atoms with van der Waals surface area (Å²) in [5.74, 6) is -0.788. The standard InChI is InChI=1S/C12H17N3O4/c1-4-14(5-2)10(17)7-15-11(18)9(8(3)16)6-13-12(15)19/h6H,4-5,7H2,1-3H3,(H,13,19). The number of amides is 1. The number of likely N-dealkylation sites (N-methyl/N-ethyl adjacent to an activating group) is 1. The fraction of sp³-hybridized carbons (Fsp3) is 0.500. The van der Waals surface area contributed by atoms with Gasteiger partial charge in [-0.1, -0.05) is 0 Å². The first kappa shape index (κ1) is 14.9. The molecule has 1 heterocycles. The Morgan fingerprint density at radius 3 is 2.32 bits per heavy atom. The molecular formula is C12H17N3O4. The summed E-state index contributed by atoms with van der Waals surface area (Å²) in [6.45, 7) is 5.46. The van der Waals surface area contributed by atoms with Gasteiger partial charge in [0, 0.05) is 19.3 Å². The highest BCUT2D eigenvalue weighted by molar-refractivity contribution is 5.93. The van der Waals surface area contributed by atoms with Crippen LogP contribution in [0.4, 0.5) is 0 Å². The number of hydrogen-bond acceptors (Lipinski definition) is 4. The van der Waals surface area contributed by atoms with Crippen molar-refractivity contribution in [1.29, 1.82) is 0 Å². The molecule has 1 amide bonds. The fourth-order valence-corrected chi connectivity index (χ4v) is 1.72. The van der Waals surface area contributed by atoms with Gasteiger partial charge >= 0.3 is 5.69 Å². The van der Waals surface area contributed by atoms with Gasteiger partial charge in [0.05, 0.1) is 5.56 Å². The normalized spacial score (nSPS) is 10.3. The van der Waals surface area contributed by atoms with E-state index in [0.717, 1.165) is 10.8 Å². The second-order valence-electron chi connectivity index (χ2n) is 4.02. The summed E-state index contributed by atoms with van der Waals surface area (Å²) in [5.41, 5.74) is -1.57. The van der Waals surface area contributed by atoms with E-state index in [0.29, 0.717) is 13.1 Å². The molecular weight excluding hydrogens is 250 g/mol. The fourth-order valence-electron chi connectivity index (χ4n) is 1.72. The predicted octanol–water partition coefficient (Wildman–Crippen LogP) is -0.392. The number of nitrogens with one attached hydrogen (secondary N) is 1. The van der Waals surface area contributed by atoms with Crippen molar-refractivity contribution in [3.8, 4) is 0 Å². The van der Waals surface area contributed by atoms with Crippen LogP contribution in [-0.4, -0.2) is 39.2 Å². The Hall–Kier alpha value is -2.18. The number of aromatic amines is 1. The average molecular weight is 267 g/mol. The summed E-state index contributed by atoms with van der Waals surface area (Å²) >= 11 is 0. The second-order valence-corrected chi connectivity index (χ2v) is 4.02. The molecule has 1 aromatic heterocycles. The zero-order valence-corrected chi connectivity index (χ0v) is 11.2. The maximum atomic E-state index is 11.9. The smallest absolute Gasteiger partial charge is 0.328 e. The van der Waals surface area contributed by atoms with Gasteiger partial charge in [-0.15, -0.1) is 0 Å². The number of H-pyrrole nitrogens is 1. The third-order valence-electron chi connectivity index (χ3n) is 2.85. The monoisotopic (exact) mass is 267 g/mol. The van der Waals surface area contributed by atoms with E-state index in [1.807, 2.05) is 0 Å². The molecule has 0 aliphatic carbocycles. The van der Waals surface area contributed by atoms with Crippen molar-refractivity contribution in [2.75, 3.05) is 13.1 Å². The molecule has 7 nitrogen and oxygen atoms in total. The van der Waals surface area contributed by atoms with Crippen LogP contribution in [0.2, 0.25) is 0 Å². The van der Waals surface area contributed by atoms with Gasteiger partial charge < -0.3 is 9.88 Å². The Bertz CT molecular complexity index is 596. The molecule has 104 valence electrons. The van der Waals surface area contributed by atoms with Gasteiger partial charge in [0.25, 0.3) is 5.56 Å². The highest BCUT2D eigenvalue weighted by Crippen LogP contribution is 1.92. The molecule has 0 spiro atoms. The van der Waals surface area contributed by atoms with Crippen LogP contribution in [0.1, 0.15) is 31.1 Å². The van der Waals surface area contributed by atoms with Gasteiger partial charge in [0.2, 0.25) is 5.91 Å². The molecule has 19 heavy (non-hydrogen) atoms. The van der Waals surface area contributed by atoms with Crippen LogP contribution >= 0.6 is 0 Å². The van der Waals surface area contributed by atoms with Crippen molar-refractivity contribution in [3.63, 3.8) is 0 Å². The number of aromatic nitrogens is 2. The van der Waals surface area contributed by atoms with Crippen LogP contribution < -0.4 is 11.2 Å². The van der Waals surface area contributed by atoms with Crippen molar-refractivity contribution >= 4 is 11.7 Å². The topological polar surface area (TPSA) is 92.2 Å². The molecule has 0 saturated carbocycles. The maximum absolute atomic E-state index is 11.9. The number of hydrogen-bond donors (Lipinski definition) is 1. The minimum absolute atomic E-state index is 0.132. The molecule has 0 aliphatic heterocycles. The molecule has 1 rings (SSSR count). The lowest BCUT2D eigenvalue weighted by atomic mass is 10.2. The van der Waals surface area contributed by atoms with Gasteiger partial charge in [-0.2, -0.15) is 0 Å². The lowest BCUT2D eigenvalue weighted by Crippen LogP contribution is -2.43. The van der Waals surface area contributed by atoms with E-state index in [9.17, 15) is 19.2 Å². The molecule has 0 bridgehead atoms. The minimum atomic E-state index is -0.739. The van der Waals surface area contributed by atoms with E-state index in [1.54, 1.807) is 13.8 Å². The van der Waals surface area contributed by atoms with Crippen molar-refractivity contribution in [2.45, 2.75) is 27.3 Å². The number of rotatable bonds is 5. The van der Waals surface area contributed by atoms with E-state index < -0.39 is 17.0 Å². The van der Waals surface area contributed by atoms with Crippen LogP contribution in [0, 0.1) is 0 Å². The molecule has 1 aromatic rings. The molecule has 0 saturated heterocycles. The number of carbonyl (C=O) groups is 2. The average Bonchev–Trinajstić information content (AvgIpc) is 2.35. The molecule has 0 fully saturated rings. The van der Waals surface area contributed by atoms with E-state index in [4.69, 9.17) is 0 Å². The molecule has 0 atom stereocenters. The largest absolute Gasteiger partial charge is 0.342 e. The molecule has 1 N–H and O–H groups in total. The van der Waals surface area contributed by atoms with Crippen molar-refractivity contribution in [2.24, 2.45) is 0 Å². The van der Waals surface area contributed by atoms with E-state index in [1.165, 1.54) is 11.8 Å². The summed E-state index contributed by atoms with van der Waals surface area (Å²) in [4.78, 5) is 50.4. The molecule has 0 aromatic carbocycles. The third-order valence-corrected chi connectivity index (χ3v) is 2.85. The maximum Gasteiger partial charge on any atom is 0.328 e. The van der Waals surface area contributed by atoms with Gasteiger partial charge in [0.1, 0.15) is 6.54 Å². The molecule has 0 aliphatic rings. The Balaban J connectivity index is 3.18. The highest BCUT2D eigenvalue weighted by atomic mass is 16.2. The Labute approximate surface area is 109 Å². The molecule has 0 unspecified atom stereocenters.